The Morgan fingerprint density at radius 3 is 1.50 bits per heavy atom. The minimum Gasteiger partial charge on any atom is -0.366 e. The van der Waals surface area contributed by atoms with Gasteiger partial charge in [-0.2, -0.15) is 0 Å². The Bertz CT molecular complexity index is 89.8. The molecule has 0 aliphatic heterocycles. The van der Waals surface area contributed by atoms with Gasteiger partial charge >= 0.3 is 0 Å². The Labute approximate surface area is 91.6 Å². The van der Waals surface area contributed by atoms with Gasteiger partial charge in [0.2, 0.25) is 0 Å². The maximum Gasteiger partial charge on any atom is 0.269 e. The van der Waals surface area contributed by atoms with Crippen molar-refractivity contribution < 1.29 is 42.5 Å². The first-order valence-electron chi connectivity index (χ1n) is 1.31. The molecular weight excluding hydrogens is 200 g/mol. The molecule has 2 N–H and O–H groups in total. The van der Waals surface area contributed by atoms with E-state index in [2.05, 4.69) is 5.73 Å². The molecule has 50 valence electrons. The second-order valence-electron chi connectivity index (χ2n) is 0.862. The molecule has 0 spiro atoms. The van der Waals surface area contributed by atoms with E-state index < -0.39 is 9.70 Å². The fourth-order valence-corrected chi connectivity index (χ4v) is 0. The monoisotopic (exact) mass is 201 g/mol. The minimum absolute atomic E-state index is 0. The van der Waals surface area contributed by atoms with E-state index in [0.29, 0.717) is 0 Å². The second-order valence-corrected chi connectivity index (χ2v) is 3.14. The van der Waals surface area contributed by atoms with Crippen LogP contribution in [0.15, 0.2) is 0 Å². The number of hydrogen-bond donors (Lipinski definition) is 1. The molecular formula is C2H2ArCl3NO. The number of rotatable bonds is 0. The predicted octanol–water partition coefficient (Wildman–Crippen LogP) is 0.842. The van der Waals surface area contributed by atoms with E-state index in [1.165, 1.54) is 0 Å². The molecule has 0 unspecified atom stereocenters. The predicted molar refractivity (Wildman–Crippen MR) is 29.5 cm³/mol. The van der Waals surface area contributed by atoms with Crippen LogP contribution in [0.25, 0.3) is 0 Å². The Morgan fingerprint density at radius 1 is 1.38 bits per heavy atom. The average molecular weight is 202 g/mol. The second kappa shape index (κ2) is 4.42. The molecule has 1 amide bonds. The van der Waals surface area contributed by atoms with Gasteiger partial charge in [-0.15, -0.1) is 0 Å². The van der Waals surface area contributed by atoms with Crippen molar-refractivity contribution in [1.82, 2.24) is 0 Å². The number of hydrogen-bond acceptors (Lipinski definition) is 1. The van der Waals surface area contributed by atoms with Crippen LogP contribution in [-0.4, -0.2) is 9.70 Å². The van der Waals surface area contributed by atoms with E-state index in [-0.39, 0.29) is 37.7 Å². The van der Waals surface area contributed by atoms with Crippen molar-refractivity contribution >= 4 is 40.7 Å². The molecule has 0 aromatic heterocycles. The molecule has 6 heteroatoms. The van der Waals surface area contributed by atoms with Gasteiger partial charge in [0.15, 0.2) is 0 Å². The molecule has 0 aromatic carbocycles. The van der Waals surface area contributed by atoms with Crippen LogP contribution < -0.4 is 5.73 Å². The van der Waals surface area contributed by atoms with Crippen molar-refractivity contribution in [3.05, 3.63) is 0 Å². The van der Waals surface area contributed by atoms with Gasteiger partial charge < -0.3 is 5.73 Å². The summed E-state index contributed by atoms with van der Waals surface area (Å²) in [5.74, 6) is -0.961. The summed E-state index contributed by atoms with van der Waals surface area (Å²) in [5, 5.41) is 0. The number of carbonyl (C=O) groups is 1. The molecule has 0 bridgehead atoms. The maximum absolute atomic E-state index is 9.85. The van der Waals surface area contributed by atoms with Crippen LogP contribution in [0.5, 0.6) is 0 Å². The van der Waals surface area contributed by atoms with Gasteiger partial charge in [0.05, 0.1) is 0 Å². The Kier molecular flexibility index (Phi) is 6.79. The summed E-state index contributed by atoms with van der Waals surface area (Å²) in [6.45, 7) is 0. The first kappa shape index (κ1) is 12.3. The first-order valence-corrected chi connectivity index (χ1v) is 2.44. The van der Waals surface area contributed by atoms with Crippen LogP contribution in [0.1, 0.15) is 0 Å². The fourth-order valence-electron chi connectivity index (χ4n) is 0. The number of primary amides is 1. The Balaban J connectivity index is 0. The molecule has 0 aromatic rings. The maximum atomic E-state index is 9.85. The number of amides is 1. The number of alkyl halides is 3. The van der Waals surface area contributed by atoms with E-state index in [9.17, 15) is 4.79 Å². The zero-order valence-electron chi connectivity index (χ0n) is 3.47. The van der Waals surface area contributed by atoms with Gasteiger partial charge in [0, 0.05) is 37.7 Å². The molecule has 0 aliphatic rings. The van der Waals surface area contributed by atoms with Gasteiger partial charge in [0.1, 0.15) is 0 Å². The molecule has 0 rings (SSSR count). The zero-order chi connectivity index (χ0) is 6.08. The van der Waals surface area contributed by atoms with E-state index in [1.54, 1.807) is 0 Å². The topological polar surface area (TPSA) is 43.1 Å². The van der Waals surface area contributed by atoms with Crippen LogP contribution in [0.4, 0.5) is 0 Å². The van der Waals surface area contributed by atoms with Gasteiger partial charge in [0.25, 0.3) is 9.70 Å². The summed E-state index contributed by atoms with van der Waals surface area (Å²) in [5.41, 5.74) is 4.53. The number of carbonyl (C=O) groups excluding carboxylic acids is 1. The van der Waals surface area contributed by atoms with Crippen LogP contribution in [0, 0.1) is 37.7 Å². The molecule has 8 heavy (non-hydrogen) atoms. The van der Waals surface area contributed by atoms with Crippen LogP contribution in [0.2, 0.25) is 0 Å². The molecule has 0 aliphatic carbocycles. The van der Waals surface area contributed by atoms with Gasteiger partial charge in [-0.25, -0.2) is 0 Å². The largest absolute Gasteiger partial charge is 0.366 e. The summed E-state index contributed by atoms with van der Waals surface area (Å²) < 4.78 is -1.94. The van der Waals surface area contributed by atoms with Crippen molar-refractivity contribution in [2.24, 2.45) is 5.73 Å². The van der Waals surface area contributed by atoms with Crippen molar-refractivity contribution in [2.75, 3.05) is 0 Å². The summed E-state index contributed by atoms with van der Waals surface area (Å²) in [7, 11) is 0. The normalized spacial score (nSPS) is 9.88. The van der Waals surface area contributed by atoms with Gasteiger partial charge in [-0.3, -0.25) is 4.79 Å². The quantitative estimate of drug-likeness (QED) is 0.581. The summed E-state index contributed by atoms with van der Waals surface area (Å²) >= 11 is 14.8. The fraction of sp³-hybridized carbons (Fsp3) is 0.500. The van der Waals surface area contributed by atoms with Crippen LogP contribution >= 0.6 is 34.8 Å². The first-order chi connectivity index (χ1) is 2.94. The van der Waals surface area contributed by atoms with E-state index >= 15 is 0 Å². The zero-order valence-corrected chi connectivity index (χ0v) is 6.45. The molecule has 0 saturated heterocycles. The van der Waals surface area contributed by atoms with Gasteiger partial charge in [-0.05, 0) is 0 Å². The van der Waals surface area contributed by atoms with Crippen molar-refractivity contribution in [3.8, 4) is 0 Å². The van der Waals surface area contributed by atoms with Crippen molar-refractivity contribution in [1.29, 1.82) is 0 Å². The van der Waals surface area contributed by atoms with Crippen LogP contribution in [0.3, 0.4) is 0 Å². The summed E-state index contributed by atoms with van der Waals surface area (Å²) in [4.78, 5) is 9.85. The van der Waals surface area contributed by atoms with Crippen LogP contribution in [-0.2, 0) is 4.79 Å². The smallest absolute Gasteiger partial charge is 0.269 e. The van der Waals surface area contributed by atoms with Crippen molar-refractivity contribution in [3.63, 3.8) is 0 Å². The van der Waals surface area contributed by atoms with E-state index in [0.717, 1.165) is 0 Å². The third-order valence-corrected chi connectivity index (χ3v) is 0.838. The molecule has 0 saturated carbocycles. The van der Waals surface area contributed by atoms with E-state index in [1.807, 2.05) is 0 Å². The third-order valence-electron chi connectivity index (χ3n) is 0.279. The molecule has 2 nitrogen and oxygen atoms in total. The van der Waals surface area contributed by atoms with Gasteiger partial charge in [-0.1, -0.05) is 34.8 Å². The summed E-state index contributed by atoms with van der Waals surface area (Å²) in [6, 6.07) is 0. The SMILES string of the molecule is NC(=O)C(Cl)(Cl)Cl.[Ar]. The number of halogens is 3. The minimum atomic E-state index is -1.94. The number of nitrogens with two attached hydrogens (primary N) is 1. The molecule has 0 radical (unpaired) electrons. The molecule has 0 heterocycles. The molecule has 0 fully saturated rings. The standard InChI is InChI=1S/C2H2Cl3NO.Ar/c3-2(4,5)1(6)7;/h(H2,6,7);. The Morgan fingerprint density at radius 2 is 1.50 bits per heavy atom. The Hall–Kier alpha value is 1.60. The van der Waals surface area contributed by atoms with E-state index in [4.69, 9.17) is 34.8 Å². The molecule has 0 atom stereocenters. The summed E-state index contributed by atoms with van der Waals surface area (Å²) in [6.07, 6.45) is 0. The average Bonchev–Trinajstić information content (AvgIpc) is 1.31. The van der Waals surface area contributed by atoms with Crippen molar-refractivity contribution in [2.45, 2.75) is 3.79 Å². The third kappa shape index (κ3) is 5.73.